The van der Waals surface area contributed by atoms with Crippen molar-refractivity contribution in [3.8, 4) is 0 Å². The third-order valence-electron chi connectivity index (χ3n) is 5.57. The molecule has 1 amide bonds. The minimum absolute atomic E-state index is 0.0730. The third kappa shape index (κ3) is 5.92. The Balaban J connectivity index is 2.33. The number of carbonyl (C=O) groups is 2. The van der Waals surface area contributed by atoms with E-state index in [9.17, 15) is 18.0 Å². The molecule has 1 aliphatic heterocycles. The van der Waals surface area contributed by atoms with E-state index in [4.69, 9.17) is 14.1 Å². The topological polar surface area (TPSA) is 139 Å². The van der Waals surface area contributed by atoms with E-state index in [1.54, 1.807) is 24.3 Å². The van der Waals surface area contributed by atoms with Gasteiger partial charge in [-0.1, -0.05) is 38.0 Å². The van der Waals surface area contributed by atoms with Gasteiger partial charge in [0.05, 0.1) is 25.1 Å². The molecule has 0 bridgehead atoms. The molecule has 10 nitrogen and oxygen atoms in total. The average molecular weight is 469 g/mol. The Morgan fingerprint density at radius 3 is 2.48 bits per heavy atom. The minimum Gasteiger partial charge on any atom is -0.409 e. The zero-order valence-corrected chi connectivity index (χ0v) is 20.3. The number of Topliss-reactive ketones (excluding diaryl/α,β-unsaturated/α-hetero) is 1. The van der Waals surface area contributed by atoms with E-state index in [0.29, 0.717) is 0 Å². The number of rotatable bonds is 8. The SMILES string of the molecule is CC(C)(C)[Si](C)(C)OCC(=O)c1ccccc1N1C[C@@H](OS(C)(=O)=O)[C@H](N=[N+]=[N-])C1=O. The normalized spacial score (nSPS) is 19.9. The van der Waals surface area contributed by atoms with Crippen molar-refractivity contribution in [2.45, 2.75) is 51.0 Å². The van der Waals surface area contributed by atoms with E-state index in [1.807, 2.05) is 13.1 Å². The van der Waals surface area contributed by atoms with Crippen LogP contribution in [0.5, 0.6) is 0 Å². The maximum atomic E-state index is 13.0. The molecule has 0 aromatic heterocycles. The Morgan fingerprint density at radius 2 is 1.94 bits per heavy atom. The lowest BCUT2D eigenvalue weighted by Gasteiger charge is -2.36. The van der Waals surface area contributed by atoms with Crippen molar-refractivity contribution in [1.82, 2.24) is 0 Å². The van der Waals surface area contributed by atoms with Crippen LogP contribution in [0.25, 0.3) is 10.4 Å². The number of hydrogen-bond acceptors (Lipinski definition) is 7. The Morgan fingerprint density at radius 1 is 1.32 bits per heavy atom. The van der Waals surface area contributed by atoms with Gasteiger partial charge in [0.25, 0.3) is 10.1 Å². The lowest BCUT2D eigenvalue weighted by atomic mass is 10.1. The lowest BCUT2D eigenvalue weighted by Crippen LogP contribution is -2.42. The van der Waals surface area contributed by atoms with Crippen molar-refractivity contribution in [2.24, 2.45) is 5.11 Å². The molecule has 1 aromatic rings. The number of nitrogens with zero attached hydrogens (tertiary/aromatic N) is 4. The summed E-state index contributed by atoms with van der Waals surface area (Å²) < 4.78 is 34.1. The predicted octanol–water partition coefficient (Wildman–Crippen LogP) is 3.26. The summed E-state index contributed by atoms with van der Waals surface area (Å²) in [6.45, 7) is 9.96. The highest BCUT2D eigenvalue weighted by Gasteiger charge is 2.44. The molecule has 31 heavy (non-hydrogen) atoms. The lowest BCUT2D eigenvalue weighted by molar-refractivity contribution is -0.118. The molecule has 2 rings (SSSR count). The molecular formula is C19H28N4O6SSi. The van der Waals surface area contributed by atoms with Gasteiger partial charge in [0.2, 0.25) is 5.91 Å². The van der Waals surface area contributed by atoms with Crippen molar-refractivity contribution in [3.05, 3.63) is 40.3 Å². The van der Waals surface area contributed by atoms with Crippen LogP contribution >= 0.6 is 0 Å². The molecule has 170 valence electrons. The molecular weight excluding hydrogens is 440 g/mol. The molecule has 0 saturated carbocycles. The highest BCUT2D eigenvalue weighted by Crippen LogP contribution is 2.37. The summed E-state index contributed by atoms with van der Waals surface area (Å²) in [6, 6.07) is 5.12. The summed E-state index contributed by atoms with van der Waals surface area (Å²) in [7, 11) is -6.06. The van der Waals surface area contributed by atoms with Gasteiger partial charge in [0, 0.05) is 10.5 Å². The quantitative estimate of drug-likeness (QED) is 0.143. The summed E-state index contributed by atoms with van der Waals surface area (Å²) >= 11 is 0. The van der Waals surface area contributed by atoms with Gasteiger partial charge >= 0.3 is 0 Å². The number of ketones is 1. The van der Waals surface area contributed by atoms with Gasteiger partial charge in [0.1, 0.15) is 12.1 Å². The van der Waals surface area contributed by atoms with Crippen LogP contribution in [0.4, 0.5) is 5.69 Å². The maximum Gasteiger partial charge on any atom is 0.264 e. The summed E-state index contributed by atoms with van der Waals surface area (Å²) in [5.41, 5.74) is 9.33. The van der Waals surface area contributed by atoms with Crippen LogP contribution in [0.3, 0.4) is 0 Å². The van der Waals surface area contributed by atoms with E-state index >= 15 is 0 Å². The molecule has 0 spiro atoms. The Kier molecular flexibility index (Phi) is 7.34. The fourth-order valence-electron chi connectivity index (χ4n) is 2.88. The van der Waals surface area contributed by atoms with Crippen LogP contribution < -0.4 is 4.90 Å². The molecule has 0 aliphatic carbocycles. The molecule has 0 N–H and O–H groups in total. The zero-order valence-electron chi connectivity index (χ0n) is 18.5. The number of anilines is 1. The first kappa shape index (κ1) is 25.0. The first-order valence-corrected chi connectivity index (χ1v) is 14.4. The molecule has 0 unspecified atom stereocenters. The zero-order chi connectivity index (χ0) is 23.6. The Bertz CT molecular complexity index is 1010. The molecule has 1 heterocycles. The molecule has 1 saturated heterocycles. The van der Waals surface area contributed by atoms with Crippen LogP contribution in [0.1, 0.15) is 31.1 Å². The van der Waals surface area contributed by atoms with Crippen molar-refractivity contribution in [1.29, 1.82) is 0 Å². The van der Waals surface area contributed by atoms with E-state index in [1.165, 1.54) is 4.90 Å². The maximum absolute atomic E-state index is 13.0. The first-order chi connectivity index (χ1) is 14.2. The smallest absolute Gasteiger partial charge is 0.264 e. The van der Waals surface area contributed by atoms with Crippen LogP contribution in [-0.2, 0) is 23.5 Å². The molecule has 2 atom stereocenters. The van der Waals surface area contributed by atoms with E-state index in [0.717, 1.165) is 6.26 Å². The van der Waals surface area contributed by atoms with Crippen molar-refractivity contribution in [3.63, 3.8) is 0 Å². The summed E-state index contributed by atoms with van der Waals surface area (Å²) in [5.74, 6) is -0.946. The monoisotopic (exact) mass is 468 g/mol. The van der Waals surface area contributed by atoms with Crippen molar-refractivity contribution in [2.75, 3.05) is 24.3 Å². The molecule has 0 radical (unpaired) electrons. The minimum atomic E-state index is -3.90. The van der Waals surface area contributed by atoms with E-state index < -0.39 is 36.5 Å². The van der Waals surface area contributed by atoms with Gasteiger partial charge in [-0.25, -0.2) is 0 Å². The van der Waals surface area contributed by atoms with Gasteiger partial charge in [-0.2, -0.15) is 8.42 Å². The van der Waals surface area contributed by atoms with Gasteiger partial charge in [-0.05, 0) is 35.8 Å². The van der Waals surface area contributed by atoms with Crippen LogP contribution in [0.2, 0.25) is 18.1 Å². The van der Waals surface area contributed by atoms with E-state index in [2.05, 4.69) is 30.8 Å². The number of benzene rings is 1. The first-order valence-electron chi connectivity index (χ1n) is 9.68. The van der Waals surface area contributed by atoms with Crippen molar-refractivity contribution < 1.29 is 26.6 Å². The number of hydrogen-bond donors (Lipinski definition) is 0. The van der Waals surface area contributed by atoms with Crippen molar-refractivity contribution >= 4 is 35.8 Å². The number of amides is 1. The molecule has 12 heteroatoms. The second kappa shape index (κ2) is 9.09. The second-order valence-corrected chi connectivity index (χ2v) is 15.3. The average Bonchev–Trinajstić information content (AvgIpc) is 2.93. The van der Waals surface area contributed by atoms with Crippen LogP contribution in [0, 0.1) is 0 Å². The summed E-state index contributed by atoms with van der Waals surface area (Å²) in [4.78, 5) is 29.7. The second-order valence-electron chi connectivity index (χ2n) is 8.93. The van der Waals surface area contributed by atoms with Gasteiger partial charge in [0.15, 0.2) is 14.1 Å². The third-order valence-corrected chi connectivity index (χ3v) is 10.6. The fourth-order valence-corrected chi connectivity index (χ4v) is 4.42. The van der Waals surface area contributed by atoms with Gasteiger partial charge in [-0.3, -0.25) is 13.8 Å². The summed E-state index contributed by atoms with van der Waals surface area (Å²) in [6.07, 6.45) is -0.340. The number of azide groups is 1. The highest BCUT2D eigenvalue weighted by molar-refractivity contribution is 7.86. The van der Waals surface area contributed by atoms with Crippen LogP contribution in [-0.4, -0.2) is 60.0 Å². The Labute approximate surface area is 183 Å². The predicted molar refractivity (Wildman–Crippen MR) is 119 cm³/mol. The standard InChI is InChI=1S/C19H28N4O6SSi/c1-19(2,3)31(5,6)28-12-15(24)13-9-7-8-10-14(13)23-11-16(29-30(4,26)27)17(18(23)25)21-22-20/h7-10,16-17H,11-12H2,1-6H3/t16-,17+/m1/s1. The highest BCUT2D eigenvalue weighted by atomic mass is 32.2. The largest absolute Gasteiger partial charge is 0.409 e. The molecule has 1 fully saturated rings. The fraction of sp³-hybridized carbons (Fsp3) is 0.579. The molecule has 1 aliphatic rings. The van der Waals surface area contributed by atoms with Gasteiger partial charge < -0.3 is 9.33 Å². The Hall–Kier alpha value is -2.24. The van der Waals surface area contributed by atoms with Gasteiger partial charge in [-0.15, -0.1) is 0 Å². The number of carbonyl (C=O) groups excluding carboxylic acids is 2. The summed E-state index contributed by atoms with van der Waals surface area (Å²) in [5, 5.41) is 3.34. The van der Waals surface area contributed by atoms with Crippen LogP contribution in [0.15, 0.2) is 29.4 Å². The van der Waals surface area contributed by atoms with E-state index in [-0.39, 0.29) is 35.2 Å². The molecule has 1 aromatic carbocycles. The number of para-hydroxylation sites is 1.